The van der Waals surface area contributed by atoms with Crippen LogP contribution >= 0.6 is 0 Å². The van der Waals surface area contributed by atoms with E-state index in [4.69, 9.17) is 9.47 Å². The largest absolute Gasteiger partial charge is 0.347 e. The van der Waals surface area contributed by atoms with Gasteiger partial charge in [0.25, 0.3) is 0 Å². The summed E-state index contributed by atoms with van der Waals surface area (Å²) in [6.07, 6.45) is 2.27. The van der Waals surface area contributed by atoms with Gasteiger partial charge in [-0.3, -0.25) is 0 Å². The molecule has 0 spiro atoms. The lowest BCUT2D eigenvalue weighted by Crippen LogP contribution is -2.50. The van der Waals surface area contributed by atoms with Crippen molar-refractivity contribution in [3.8, 4) is 0 Å². The summed E-state index contributed by atoms with van der Waals surface area (Å²) in [6, 6.07) is 0. The third-order valence-electron chi connectivity index (χ3n) is 4.94. The van der Waals surface area contributed by atoms with E-state index in [1.165, 1.54) is 12.0 Å². The highest BCUT2D eigenvalue weighted by atomic mass is 16.7. The Hall–Kier alpha value is -0.340. The molecule has 92 valence electrons. The maximum Gasteiger partial charge on any atom is 0.171 e. The van der Waals surface area contributed by atoms with Crippen molar-refractivity contribution in [2.24, 2.45) is 11.3 Å². The van der Waals surface area contributed by atoms with Crippen LogP contribution in [0.5, 0.6) is 0 Å². The molecule has 1 aliphatic heterocycles. The molecule has 16 heavy (non-hydrogen) atoms. The van der Waals surface area contributed by atoms with Crippen LogP contribution in [0, 0.1) is 11.3 Å². The summed E-state index contributed by atoms with van der Waals surface area (Å²) in [4.78, 5) is 0. The zero-order valence-corrected chi connectivity index (χ0v) is 11.2. The van der Waals surface area contributed by atoms with Gasteiger partial charge < -0.3 is 9.47 Å². The monoisotopic (exact) mass is 224 g/mol. The van der Waals surface area contributed by atoms with Crippen LogP contribution < -0.4 is 0 Å². The topological polar surface area (TPSA) is 18.5 Å². The van der Waals surface area contributed by atoms with E-state index in [2.05, 4.69) is 34.6 Å². The summed E-state index contributed by atoms with van der Waals surface area (Å²) in [6.45, 7) is 12.7. The lowest BCUT2D eigenvalue weighted by Gasteiger charge is -2.49. The third-order valence-corrected chi connectivity index (χ3v) is 4.94. The summed E-state index contributed by atoms with van der Waals surface area (Å²) in [5.74, 6) is 0.216. The highest BCUT2D eigenvalue weighted by Gasteiger charge is 2.53. The molecular weight excluding hydrogens is 200 g/mol. The van der Waals surface area contributed by atoms with Gasteiger partial charge in [0.2, 0.25) is 0 Å². The first-order valence-corrected chi connectivity index (χ1v) is 6.32. The normalized spacial score (nSPS) is 39.2. The fraction of sp³-hybridized carbons (Fsp3) is 0.857. The second-order valence-corrected chi connectivity index (χ2v) is 5.90. The molecule has 0 aromatic heterocycles. The van der Waals surface area contributed by atoms with Gasteiger partial charge in [-0.1, -0.05) is 25.0 Å². The Morgan fingerprint density at radius 3 is 2.19 bits per heavy atom. The van der Waals surface area contributed by atoms with Crippen LogP contribution in [-0.2, 0) is 9.47 Å². The summed E-state index contributed by atoms with van der Waals surface area (Å²) in [7, 11) is 0. The van der Waals surface area contributed by atoms with Gasteiger partial charge in [0.1, 0.15) is 0 Å². The van der Waals surface area contributed by atoms with Crippen molar-refractivity contribution >= 4 is 0 Å². The Balaban J connectivity index is 2.31. The second kappa shape index (κ2) is 3.85. The first-order chi connectivity index (χ1) is 7.39. The molecule has 2 rings (SSSR count). The Morgan fingerprint density at radius 2 is 1.62 bits per heavy atom. The highest BCUT2D eigenvalue weighted by Crippen LogP contribution is 2.52. The maximum atomic E-state index is 5.89. The van der Waals surface area contributed by atoms with Gasteiger partial charge in [-0.15, -0.1) is 0 Å². The van der Waals surface area contributed by atoms with Crippen LogP contribution in [-0.4, -0.2) is 19.0 Å². The highest BCUT2D eigenvalue weighted by molar-refractivity contribution is 5.19. The van der Waals surface area contributed by atoms with Crippen molar-refractivity contribution < 1.29 is 9.47 Å². The molecule has 1 aliphatic carbocycles. The van der Waals surface area contributed by atoms with Crippen molar-refractivity contribution in [1.82, 2.24) is 0 Å². The van der Waals surface area contributed by atoms with E-state index in [-0.39, 0.29) is 5.41 Å². The van der Waals surface area contributed by atoms with Gasteiger partial charge in [0.05, 0.1) is 13.2 Å². The average Bonchev–Trinajstić information content (AvgIpc) is 2.64. The van der Waals surface area contributed by atoms with Crippen molar-refractivity contribution in [2.45, 2.75) is 53.2 Å². The summed E-state index contributed by atoms with van der Waals surface area (Å²) in [5, 5.41) is 0. The van der Waals surface area contributed by atoms with Gasteiger partial charge >= 0.3 is 0 Å². The fourth-order valence-electron chi connectivity index (χ4n) is 3.19. The molecular formula is C14H24O2. The van der Waals surface area contributed by atoms with Gasteiger partial charge in [0.15, 0.2) is 5.79 Å². The molecule has 1 heterocycles. The molecule has 2 heteroatoms. The van der Waals surface area contributed by atoms with E-state index in [1.54, 1.807) is 5.57 Å². The average molecular weight is 224 g/mol. The zero-order chi connectivity index (χ0) is 12.0. The number of hydrogen-bond acceptors (Lipinski definition) is 2. The van der Waals surface area contributed by atoms with Crippen LogP contribution in [0.3, 0.4) is 0 Å². The lowest BCUT2D eigenvalue weighted by molar-refractivity contribution is -0.236. The number of ether oxygens (including phenoxy) is 2. The quantitative estimate of drug-likeness (QED) is 0.634. The molecule has 0 unspecified atom stereocenters. The first-order valence-electron chi connectivity index (χ1n) is 6.32. The third kappa shape index (κ3) is 1.63. The lowest BCUT2D eigenvalue weighted by atomic mass is 9.62. The molecule has 2 atom stereocenters. The molecule has 1 fully saturated rings. The molecule has 0 saturated carbocycles. The van der Waals surface area contributed by atoms with Gasteiger partial charge in [-0.2, -0.15) is 0 Å². The van der Waals surface area contributed by atoms with Crippen LogP contribution in [0.1, 0.15) is 47.5 Å². The SMILES string of the molecule is CC1=C(C)C[C@@](C)(C2(C)OCCO2)[C@H](C)C1. The molecule has 0 N–H and O–H groups in total. The number of rotatable bonds is 1. The molecule has 2 nitrogen and oxygen atoms in total. The van der Waals surface area contributed by atoms with Crippen molar-refractivity contribution in [2.75, 3.05) is 13.2 Å². The van der Waals surface area contributed by atoms with Gasteiger partial charge in [0, 0.05) is 5.41 Å². The van der Waals surface area contributed by atoms with E-state index in [9.17, 15) is 0 Å². The first kappa shape index (κ1) is 12.1. The second-order valence-electron chi connectivity index (χ2n) is 5.90. The predicted molar refractivity (Wildman–Crippen MR) is 65.2 cm³/mol. The Kier molecular flexibility index (Phi) is 2.92. The predicted octanol–water partition coefficient (Wildman–Crippen LogP) is 3.52. The van der Waals surface area contributed by atoms with Crippen molar-refractivity contribution in [3.63, 3.8) is 0 Å². The Morgan fingerprint density at radius 1 is 1.06 bits per heavy atom. The molecule has 0 bridgehead atoms. The number of hydrogen-bond donors (Lipinski definition) is 0. The summed E-state index contributed by atoms with van der Waals surface area (Å²) >= 11 is 0. The van der Waals surface area contributed by atoms with Crippen LogP contribution in [0.15, 0.2) is 11.1 Å². The minimum absolute atomic E-state index is 0.104. The van der Waals surface area contributed by atoms with Crippen molar-refractivity contribution in [1.29, 1.82) is 0 Å². The van der Waals surface area contributed by atoms with Crippen LogP contribution in [0.25, 0.3) is 0 Å². The molecule has 0 aromatic carbocycles. The molecule has 2 aliphatic rings. The summed E-state index contributed by atoms with van der Waals surface area (Å²) < 4.78 is 11.8. The Labute approximate surface area is 99.0 Å². The number of allylic oxidation sites excluding steroid dienone is 2. The fourth-order valence-corrected chi connectivity index (χ4v) is 3.19. The van der Waals surface area contributed by atoms with Crippen LogP contribution in [0.4, 0.5) is 0 Å². The van der Waals surface area contributed by atoms with E-state index < -0.39 is 5.79 Å². The van der Waals surface area contributed by atoms with Crippen LogP contribution in [0.2, 0.25) is 0 Å². The van der Waals surface area contributed by atoms with Gasteiger partial charge in [-0.05, 0) is 39.5 Å². The van der Waals surface area contributed by atoms with E-state index in [0.717, 1.165) is 19.6 Å². The van der Waals surface area contributed by atoms with E-state index in [1.807, 2.05) is 0 Å². The Bertz CT molecular complexity index is 313. The van der Waals surface area contributed by atoms with E-state index in [0.29, 0.717) is 5.92 Å². The van der Waals surface area contributed by atoms with Gasteiger partial charge in [-0.25, -0.2) is 0 Å². The smallest absolute Gasteiger partial charge is 0.171 e. The van der Waals surface area contributed by atoms with Crippen molar-refractivity contribution in [3.05, 3.63) is 11.1 Å². The zero-order valence-electron chi connectivity index (χ0n) is 11.2. The standard InChI is InChI=1S/C14H24O2/c1-10-8-12(3)13(4,9-11(10)2)14(5)15-6-7-16-14/h12H,6-9H2,1-5H3/t12-,13-/m1/s1. The minimum atomic E-state index is -0.394. The molecule has 0 amide bonds. The molecule has 0 aromatic rings. The molecule has 1 saturated heterocycles. The summed E-state index contributed by atoms with van der Waals surface area (Å²) in [5.41, 5.74) is 3.17. The minimum Gasteiger partial charge on any atom is -0.347 e. The molecule has 0 radical (unpaired) electrons. The van der Waals surface area contributed by atoms with E-state index >= 15 is 0 Å². The maximum absolute atomic E-state index is 5.89.